The Morgan fingerprint density at radius 1 is 1.00 bits per heavy atom. The maximum atomic E-state index is 13.9. The van der Waals surface area contributed by atoms with Crippen LogP contribution in [0.4, 0.5) is 0 Å². The molecule has 5 unspecified atom stereocenters. The van der Waals surface area contributed by atoms with Crippen LogP contribution >= 0.6 is 0 Å². The smallest absolute Gasteiger partial charge is 0.175 e. The zero-order chi connectivity index (χ0) is 24.7. The molecule has 0 aromatic carbocycles. The number of allylic oxidation sites excluding steroid dienone is 3. The molecule has 4 rings (SSSR count). The minimum absolute atomic E-state index is 0.00299. The molecular weight excluding hydrogens is 408 g/mol. The van der Waals surface area contributed by atoms with Crippen molar-refractivity contribution in [3.05, 3.63) is 23.5 Å². The Morgan fingerprint density at radius 3 is 2.21 bits per heavy atom. The normalized spacial score (nSPS) is 39.4. The molecule has 0 aromatic heterocycles. The van der Waals surface area contributed by atoms with E-state index in [-0.39, 0.29) is 29.0 Å². The first-order valence-corrected chi connectivity index (χ1v) is 13.2. The third-order valence-electron chi connectivity index (χ3n) is 9.90. The largest absolute Gasteiger partial charge is 0.490 e. The van der Waals surface area contributed by atoms with Crippen LogP contribution in [0.1, 0.15) is 101 Å². The molecular formula is C30H46O3. The maximum absolute atomic E-state index is 13.9. The van der Waals surface area contributed by atoms with Gasteiger partial charge in [0.05, 0.1) is 10.8 Å². The summed E-state index contributed by atoms with van der Waals surface area (Å²) in [6.07, 6.45) is 6.32. The van der Waals surface area contributed by atoms with Crippen LogP contribution in [0.5, 0.6) is 0 Å². The number of carbonyl (C=O) groups is 2. The minimum atomic E-state index is -1.00. The third-order valence-corrected chi connectivity index (χ3v) is 9.90. The predicted molar refractivity (Wildman–Crippen MR) is 134 cm³/mol. The highest BCUT2D eigenvalue weighted by molar-refractivity contribution is 6.19. The second-order valence-corrected chi connectivity index (χ2v) is 14.1. The van der Waals surface area contributed by atoms with Gasteiger partial charge in [0.25, 0.3) is 0 Å². The minimum Gasteiger partial charge on any atom is -0.490 e. The molecule has 0 aromatic rings. The number of carbonyl (C=O) groups excluding carboxylic acids is 2. The summed E-state index contributed by atoms with van der Waals surface area (Å²) in [6.45, 7) is 23.7. The average molecular weight is 455 g/mol. The average Bonchev–Trinajstić information content (AvgIpc) is 2.72. The molecule has 184 valence electrons. The molecule has 33 heavy (non-hydrogen) atoms. The second-order valence-electron chi connectivity index (χ2n) is 14.1. The van der Waals surface area contributed by atoms with Crippen LogP contribution < -0.4 is 0 Å². The van der Waals surface area contributed by atoms with Crippen LogP contribution in [0, 0.1) is 45.8 Å². The molecule has 0 radical (unpaired) electrons. The second kappa shape index (κ2) is 7.56. The van der Waals surface area contributed by atoms with E-state index in [0.29, 0.717) is 28.9 Å². The van der Waals surface area contributed by atoms with Crippen molar-refractivity contribution in [3.8, 4) is 0 Å². The molecule has 0 amide bonds. The summed E-state index contributed by atoms with van der Waals surface area (Å²) >= 11 is 0. The van der Waals surface area contributed by atoms with Gasteiger partial charge >= 0.3 is 0 Å². The van der Waals surface area contributed by atoms with Gasteiger partial charge in [-0.05, 0) is 102 Å². The number of hydrogen-bond donors (Lipinski definition) is 0. The van der Waals surface area contributed by atoms with Gasteiger partial charge < -0.3 is 4.74 Å². The predicted octanol–water partition coefficient (Wildman–Crippen LogP) is 7.30. The highest BCUT2D eigenvalue weighted by Gasteiger charge is 2.62. The molecule has 2 fully saturated rings. The number of rotatable bonds is 2. The van der Waals surface area contributed by atoms with Gasteiger partial charge in [0.15, 0.2) is 11.6 Å². The van der Waals surface area contributed by atoms with E-state index >= 15 is 0 Å². The standard InChI is InChI=1S/C30H46O3/c1-17(2)14-19-22-15-21-20(16-27(21,4)5)18(3)12-11-13-30(22,10)33-25-23(19)24(31)28(6,7)26(32)29(25,8)9/h17,19-22H,3,11-16H2,1-2,4-10H3. The number of ether oxygens (including phenoxy) is 1. The van der Waals surface area contributed by atoms with Gasteiger partial charge in [0.2, 0.25) is 0 Å². The van der Waals surface area contributed by atoms with Crippen molar-refractivity contribution in [2.75, 3.05) is 0 Å². The lowest BCUT2D eigenvalue weighted by atomic mass is 9.49. The fourth-order valence-electron chi connectivity index (χ4n) is 7.94. The Kier molecular flexibility index (Phi) is 5.66. The Balaban J connectivity index is 1.89. The molecule has 2 saturated carbocycles. The highest BCUT2D eigenvalue weighted by atomic mass is 16.5. The number of Topliss-reactive ketones (excluding diaryl/α,β-unsaturated/α-hetero) is 2. The zero-order valence-corrected chi connectivity index (χ0v) is 22.6. The quantitative estimate of drug-likeness (QED) is 0.325. The molecule has 0 N–H and O–H groups in total. The van der Waals surface area contributed by atoms with E-state index in [0.717, 1.165) is 37.7 Å². The van der Waals surface area contributed by atoms with Gasteiger partial charge in [-0.1, -0.05) is 39.8 Å². The summed E-state index contributed by atoms with van der Waals surface area (Å²) in [7, 11) is 0. The van der Waals surface area contributed by atoms with Crippen molar-refractivity contribution in [3.63, 3.8) is 0 Å². The zero-order valence-electron chi connectivity index (χ0n) is 22.6. The van der Waals surface area contributed by atoms with Crippen LogP contribution in [0.3, 0.4) is 0 Å². The van der Waals surface area contributed by atoms with E-state index in [4.69, 9.17) is 4.74 Å². The van der Waals surface area contributed by atoms with Crippen molar-refractivity contribution in [2.45, 2.75) is 106 Å². The Hall–Kier alpha value is -1.38. The van der Waals surface area contributed by atoms with Gasteiger partial charge in [-0.3, -0.25) is 9.59 Å². The van der Waals surface area contributed by atoms with Crippen LogP contribution in [-0.2, 0) is 14.3 Å². The van der Waals surface area contributed by atoms with Crippen molar-refractivity contribution in [1.82, 2.24) is 0 Å². The van der Waals surface area contributed by atoms with Gasteiger partial charge in [-0.25, -0.2) is 0 Å². The molecule has 1 aliphatic heterocycles. The van der Waals surface area contributed by atoms with Crippen LogP contribution in [0.2, 0.25) is 0 Å². The van der Waals surface area contributed by atoms with E-state index < -0.39 is 10.8 Å². The lowest BCUT2D eigenvalue weighted by Crippen LogP contribution is -2.58. The molecule has 3 aliphatic carbocycles. The van der Waals surface area contributed by atoms with Crippen LogP contribution in [0.25, 0.3) is 0 Å². The highest BCUT2D eigenvalue weighted by Crippen LogP contribution is 2.63. The van der Waals surface area contributed by atoms with Crippen molar-refractivity contribution >= 4 is 11.6 Å². The van der Waals surface area contributed by atoms with Crippen molar-refractivity contribution in [1.29, 1.82) is 0 Å². The molecule has 0 bridgehead atoms. The number of hydrogen-bond acceptors (Lipinski definition) is 3. The molecule has 5 atom stereocenters. The van der Waals surface area contributed by atoms with Gasteiger partial charge in [0.1, 0.15) is 11.4 Å². The van der Waals surface area contributed by atoms with E-state index in [2.05, 4.69) is 41.2 Å². The molecule has 3 heteroatoms. The maximum Gasteiger partial charge on any atom is 0.175 e. The Labute approximate surface area is 201 Å². The summed E-state index contributed by atoms with van der Waals surface area (Å²) in [4.78, 5) is 27.4. The summed E-state index contributed by atoms with van der Waals surface area (Å²) in [5.74, 6) is 2.73. The Bertz CT molecular complexity index is 915. The van der Waals surface area contributed by atoms with E-state index in [1.807, 2.05) is 27.7 Å². The molecule has 3 nitrogen and oxygen atoms in total. The fourth-order valence-corrected chi connectivity index (χ4v) is 7.94. The number of ketones is 2. The summed E-state index contributed by atoms with van der Waals surface area (Å²) in [5.41, 5.74) is 0.398. The summed E-state index contributed by atoms with van der Waals surface area (Å²) in [5, 5.41) is 0. The fraction of sp³-hybridized carbons (Fsp3) is 0.800. The topological polar surface area (TPSA) is 43.4 Å². The van der Waals surface area contributed by atoms with Crippen LogP contribution in [-0.4, -0.2) is 17.2 Å². The van der Waals surface area contributed by atoms with Crippen molar-refractivity contribution < 1.29 is 14.3 Å². The van der Waals surface area contributed by atoms with Crippen molar-refractivity contribution in [2.24, 2.45) is 45.8 Å². The lowest BCUT2D eigenvalue weighted by molar-refractivity contribution is -0.158. The lowest BCUT2D eigenvalue weighted by Gasteiger charge is -2.58. The van der Waals surface area contributed by atoms with Gasteiger partial charge in [-0.2, -0.15) is 0 Å². The van der Waals surface area contributed by atoms with Gasteiger partial charge in [0, 0.05) is 11.5 Å². The molecule has 0 saturated heterocycles. The number of fused-ring (bicyclic) bond motifs is 2. The molecule has 0 spiro atoms. The Morgan fingerprint density at radius 2 is 1.64 bits per heavy atom. The monoisotopic (exact) mass is 454 g/mol. The van der Waals surface area contributed by atoms with Gasteiger partial charge in [-0.15, -0.1) is 0 Å². The SMILES string of the molecule is C=C1CCCC2(C)OC3=C(C(=O)C(C)(C)C(=O)C3(C)C)C(CC(C)C)C2CC2C1CC2(C)C. The summed E-state index contributed by atoms with van der Waals surface area (Å²) < 4.78 is 6.95. The van der Waals surface area contributed by atoms with E-state index in [9.17, 15) is 9.59 Å². The van der Waals surface area contributed by atoms with E-state index in [1.54, 1.807) is 0 Å². The van der Waals surface area contributed by atoms with E-state index in [1.165, 1.54) is 12.0 Å². The first-order valence-electron chi connectivity index (χ1n) is 13.2. The third kappa shape index (κ3) is 3.59. The molecule has 1 heterocycles. The first-order chi connectivity index (χ1) is 15.0. The molecule has 4 aliphatic rings. The first kappa shape index (κ1) is 24.7. The summed E-state index contributed by atoms with van der Waals surface area (Å²) in [6, 6.07) is 0. The van der Waals surface area contributed by atoms with Crippen LogP contribution in [0.15, 0.2) is 23.5 Å².